The first-order chi connectivity index (χ1) is 5.61. The van der Waals surface area contributed by atoms with Gasteiger partial charge >= 0.3 is 0 Å². The van der Waals surface area contributed by atoms with E-state index in [4.69, 9.17) is 4.74 Å². The Kier molecular flexibility index (Phi) is 1.76. The Labute approximate surface area is 75.5 Å². The van der Waals surface area contributed by atoms with Crippen LogP contribution in [0.15, 0.2) is 0 Å². The molecule has 0 heterocycles. The van der Waals surface area contributed by atoms with E-state index in [0.717, 1.165) is 0 Å². The first-order valence-corrected chi connectivity index (χ1v) is 5.14. The summed E-state index contributed by atoms with van der Waals surface area (Å²) in [7, 11) is 1.89. The van der Waals surface area contributed by atoms with Crippen molar-refractivity contribution < 1.29 is 4.74 Å². The molecule has 2 unspecified atom stereocenters. The average Bonchev–Trinajstić information content (AvgIpc) is 2.14. The van der Waals surface area contributed by atoms with Crippen LogP contribution in [0.5, 0.6) is 0 Å². The average molecular weight is 168 g/mol. The summed E-state index contributed by atoms with van der Waals surface area (Å²) in [6.45, 7) is 4.82. The summed E-state index contributed by atoms with van der Waals surface area (Å²) < 4.78 is 5.68. The van der Waals surface area contributed by atoms with Crippen molar-refractivity contribution in [2.75, 3.05) is 7.11 Å². The van der Waals surface area contributed by atoms with Crippen molar-refractivity contribution >= 4 is 0 Å². The van der Waals surface area contributed by atoms with Gasteiger partial charge in [0.2, 0.25) is 0 Å². The predicted molar refractivity (Wildman–Crippen MR) is 50.1 cm³/mol. The molecule has 2 aliphatic rings. The third-order valence-corrected chi connectivity index (χ3v) is 4.26. The van der Waals surface area contributed by atoms with Crippen LogP contribution in [0.3, 0.4) is 0 Å². The standard InChI is InChI=1S/C11H20O/c1-10-5-4-6-11(2,8-7-10)9(10)12-3/h9H,4-8H2,1-3H3. The molecular formula is C11H20O. The van der Waals surface area contributed by atoms with Gasteiger partial charge in [0.15, 0.2) is 0 Å². The highest BCUT2D eigenvalue weighted by Gasteiger charge is 2.54. The van der Waals surface area contributed by atoms with Gasteiger partial charge in [-0.1, -0.05) is 20.3 Å². The van der Waals surface area contributed by atoms with Gasteiger partial charge in [-0.05, 0) is 36.5 Å². The van der Waals surface area contributed by atoms with E-state index in [1.165, 1.54) is 32.1 Å². The Morgan fingerprint density at radius 1 is 1.00 bits per heavy atom. The second-order valence-corrected chi connectivity index (χ2v) is 5.28. The predicted octanol–water partition coefficient (Wildman–Crippen LogP) is 2.99. The summed E-state index contributed by atoms with van der Waals surface area (Å²) in [4.78, 5) is 0. The molecule has 0 aromatic carbocycles. The first kappa shape index (κ1) is 8.55. The molecule has 0 radical (unpaired) electrons. The van der Waals surface area contributed by atoms with Crippen LogP contribution in [0, 0.1) is 10.8 Å². The molecule has 2 aliphatic carbocycles. The number of methoxy groups -OCH3 is 1. The lowest BCUT2D eigenvalue weighted by molar-refractivity contribution is -0.0716. The normalized spacial score (nSPS) is 52.8. The summed E-state index contributed by atoms with van der Waals surface area (Å²) in [5.74, 6) is 0. The Hall–Kier alpha value is -0.0400. The van der Waals surface area contributed by atoms with Gasteiger partial charge in [-0.25, -0.2) is 0 Å². The van der Waals surface area contributed by atoms with E-state index in [2.05, 4.69) is 13.8 Å². The molecule has 2 saturated carbocycles. The van der Waals surface area contributed by atoms with Crippen LogP contribution >= 0.6 is 0 Å². The molecule has 1 heteroatoms. The molecule has 2 atom stereocenters. The molecule has 0 N–H and O–H groups in total. The largest absolute Gasteiger partial charge is 0.380 e. The van der Waals surface area contributed by atoms with Crippen LogP contribution in [-0.2, 0) is 4.74 Å². The fraction of sp³-hybridized carbons (Fsp3) is 1.00. The smallest absolute Gasteiger partial charge is 0.0678 e. The molecule has 0 aliphatic heterocycles. The molecule has 2 fully saturated rings. The monoisotopic (exact) mass is 168 g/mol. The molecule has 70 valence electrons. The van der Waals surface area contributed by atoms with Crippen molar-refractivity contribution in [1.82, 2.24) is 0 Å². The molecule has 2 bridgehead atoms. The molecule has 12 heavy (non-hydrogen) atoms. The van der Waals surface area contributed by atoms with Crippen LogP contribution in [-0.4, -0.2) is 13.2 Å². The highest BCUT2D eigenvalue weighted by Crippen LogP contribution is 2.59. The molecule has 0 spiro atoms. The summed E-state index contributed by atoms with van der Waals surface area (Å²) >= 11 is 0. The number of rotatable bonds is 1. The lowest BCUT2D eigenvalue weighted by Gasteiger charge is -2.43. The second kappa shape index (κ2) is 2.47. The second-order valence-electron chi connectivity index (χ2n) is 5.28. The van der Waals surface area contributed by atoms with Crippen molar-refractivity contribution in [2.24, 2.45) is 10.8 Å². The maximum absolute atomic E-state index is 5.68. The fourth-order valence-electron chi connectivity index (χ4n) is 3.65. The molecule has 1 nitrogen and oxygen atoms in total. The van der Waals surface area contributed by atoms with Gasteiger partial charge in [-0.3, -0.25) is 0 Å². The molecule has 0 aromatic rings. The van der Waals surface area contributed by atoms with Crippen LogP contribution < -0.4 is 0 Å². The minimum Gasteiger partial charge on any atom is -0.380 e. The van der Waals surface area contributed by atoms with Crippen molar-refractivity contribution in [2.45, 2.75) is 52.1 Å². The van der Waals surface area contributed by atoms with E-state index in [1.54, 1.807) is 0 Å². The van der Waals surface area contributed by atoms with Crippen molar-refractivity contribution in [3.8, 4) is 0 Å². The van der Waals surface area contributed by atoms with Gasteiger partial charge in [0.1, 0.15) is 0 Å². The van der Waals surface area contributed by atoms with Gasteiger partial charge in [-0.15, -0.1) is 0 Å². The number of ether oxygens (including phenoxy) is 1. The highest BCUT2D eigenvalue weighted by molar-refractivity contribution is 5.05. The molecule has 0 amide bonds. The fourth-order valence-corrected chi connectivity index (χ4v) is 3.65. The van der Waals surface area contributed by atoms with Gasteiger partial charge in [0.05, 0.1) is 6.10 Å². The van der Waals surface area contributed by atoms with Gasteiger partial charge in [-0.2, -0.15) is 0 Å². The number of hydrogen-bond donors (Lipinski definition) is 0. The van der Waals surface area contributed by atoms with Crippen molar-refractivity contribution in [3.63, 3.8) is 0 Å². The van der Waals surface area contributed by atoms with Gasteiger partial charge in [0, 0.05) is 7.11 Å². The Bertz CT molecular complexity index is 171. The Morgan fingerprint density at radius 2 is 1.50 bits per heavy atom. The van der Waals surface area contributed by atoms with Gasteiger partial charge < -0.3 is 4.74 Å². The third-order valence-electron chi connectivity index (χ3n) is 4.26. The van der Waals surface area contributed by atoms with E-state index >= 15 is 0 Å². The van der Waals surface area contributed by atoms with E-state index in [0.29, 0.717) is 16.9 Å². The highest BCUT2D eigenvalue weighted by atomic mass is 16.5. The number of fused-ring (bicyclic) bond motifs is 2. The summed E-state index contributed by atoms with van der Waals surface area (Å²) in [5, 5.41) is 0. The molecule has 0 aromatic heterocycles. The SMILES string of the molecule is COC1C2(C)CCCC1(C)CC2. The maximum Gasteiger partial charge on any atom is 0.0678 e. The zero-order valence-electron chi connectivity index (χ0n) is 8.52. The van der Waals surface area contributed by atoms with Crippen LogP contribution in [0.2, 0.25) is 0 Å². The van der Waals surface area contributed by atoms with Crippen molar-refractivity contribution in [3.05, 3.63) is 0 Å². The van der Waals surface area contributed by atoms with Gasteiger partial charge in [0.25, 0.3) is 0 Å². The topological polar surface area (TPSA) is 9.23 Å². The maximum atomic E-state index is 5.68. The van der Waals surface area contributed by atoms with Crippen LogP contribution in [0.4, 0.5) is 0 Å². The minimum absolute atomic E-state index is 0.502. The van der Waals surface area contributed by atoms with Crippen LogP contribution in [0.1, 0.15) is 46.0 Å². The van der Waals surface area contributed by atoms with Crippen molar-refractivity contribution in [1.29, 1.82) is 0 Å². The lowest BCUT2D eigenvalue weighted by atomic mass is 9.68. The van der Waals surface area contributed by atoms with E-state index < -0.39 is 0 Å². The summed E-state index contributed by atoms with van der Waals surface area (Å²) in [6, 6.07) is 0. The molecule has 2 rings (SSSR count). The van der Waals surface area contributed by atoms with E-state index in [-0.39, 0.29) is 0 Å². The van der Waals surface area contributed by atoms with E-state index in [1.807, 2.05) is 7.11 Å². The number of hydrogen-bond acceptors (Lipinski definition) is 1. The summed E-state index contributed by atoms with van der Waals surface area (Å²) in [6.07, 6.45) is 7.44. The molecule has 0 saturated heterocycles. The third kappa shape index (κ3) is 0.953. The van der Waals surface area contributed by atoms with E-state index in [9.17, 15) is 0 Å². The zero-order valence-corrected chi connectivity index (χ0v) is 8.52. The quantitative estimate of drug-likeness (QED) is 0.585. The first-order valence-electron chi connectivity index (χ1n) is 5.14. The lowest BCUT2D eigenvalue weighted by Crippen LogP contribution is -2.42. The zero-order chi connectivity index (χ0) is 8.82. The Morgan fingerprint density at radius 3 is 1.83 bits per heavy atom. The Balaban J connectivity index is 2.28. The van der Waals surface area contributed by atoms with Crippen LogP contribution in [0.25, 0.3) is 0 Å². The molecular weight excluding hydrogens is 148 g/mol. The summed E-state index contributed by atoms with van der Waals surface area (Å²) in [5.41, 5.74) is 1.00. The minimum atomic E-state index is 0.502.